The summed E-state index contributed by atoms with van der Waals surface area (Å²) in [5.41, 5.74) is 12.9. The average molecular weight is 599 g/mol. The van der Waals surface area contributed by atoms with Crippen molar-refractivity contribution in [1.82, 2.24) is 4.90 Å². The van der Waals surface area contributed by atoms with Crippen LogP contribution >= 0.6 is 0 Å². The predicted octanol–water partition coefficient (Wildman–Crippen LogP) is 5.57. The largest absolute Gasteiger partial charge is 0.494 e. The minimum atomic E-state index is -0.494. The third-order valence-corrected chi connectivity index (χ3v) is 7.56. The second kappa shape index (κ2) is 17.5. The highest BCUT2D eigenvalue weighted by Gasteiger charge is 2.37. The Morgan fingerprint density at radius 2 is 1.79 bits per heavy atom. The molecule has 2 aliphatic heterocycles. The molecule has 240 valence electrons. The zero-order chi connectivity index (χ0) is 32.8. The number of carbonyl (C=O) groups is 2. The molecule has 1 atom stereocenters. The summed E-state index contributed by atoms with van der Waals surface area (Å²) < 4.78 is 11.4. The Morgan fingerprint density at radius 1 is 1.16 bits per heavy atom. The number of fused-ring (bicyclic) bond motifs is 1. The smallest absolute Gasteiger partial charge is 0.244 e. The average Bonchev–Trinajstić information content (AvgIpc) is 2.98. The van der Waals surface area contributed by atoms with Crippen LogP contribution in [0.25, 0.3) is 0 Å². The summed E-state index contributed by atoms with van der Waals surface area (Å²) in [4.78, 5) is 30.2. The number of ether oxygens (including phenoxy) is 2. The van der Waals surface area contributed by atoms with E-state index in [4.69, 9.17) is 20.9 Å². The molecule has 1 aromatic rings. The zero-order valence-electron chi connectivity index (χ0n) is 27.7. The van der Waals surface area contributed by atoms with Crippen LogP contribution in [0.1, 0.15) is 93.6 Å². The lowest BCUT2D eigenvalue weighted by molar-refractivity contribution is -0.129. The molecule has 3 rings (SSSR count). The highest BCUT2D eigenvalue weighted by atomic mass is 16.5. The molecule has 9 nitrogen and oxygen atoms in total. The maximum Gasteiger partial charge on any atom is 0.244 e. The molecule has 0 saturated heterocycles. The van der Waals surface area contributed by atoms with Crippen molar-refractivity contribution in [2.24, 2.45) is 16.5 Å². The summed E-state index contributed by atoms with van der Waals surface area (Å²) in [6.07, 6.45) is 8.20. The highest BCUT2D eigenvalue weighted by Crippen LogP contribution is 2.33. The summed E-state index contributed by atoms with van der Waals surface area (Å²) in [6.45, 7) is 18.1. The van der Waals surface area contributed by atoms with Crippen molar-refractivity contribution in [3.8, 4) is 5.75 Å². The number of hydrogen-bond acceptors (Lipinski definition) is 7. The van der Waals surface area contributed by atoms with Gasteiger partial charge in [-0.25, -0.2) is 4.99 Å². The van der Waals surface area contributed by atoms with E-state index in [1.165, 1.54) is 4.90 Å². The molecule has 0 aliphatic carbocycles. The van der Waals surface area contributed by atoms with Crippen molar-refractivity contribution < 1.29 is 24.2 Å². The number of aliphatic hydroxyl groups is 1. The number of primary amides is 1. The standard InChI is InChI=1S/C21H34N4O3.C11H14O2.C2H6/c1-6-10-16(17(28-9-4)12-11-15(5)19(22)27)14-25-18(26)13-21(7-2,8-3)24-20(25)23;1-11(2)10(12)7-8-5-3-4-6-9(8)13-11;1-2/h10-12H,6-9,13-14H2,1-5H3,(H2,22,27)(H2,23,24);3-6,10,12H,7H2,1-2H3;1-2H3/b15-11+,16-10+,17-12+;;. The number of nitrogens with zero attached hydrogens (tertiary/aromatic N) is 2. The lowest BCUT2D eigenvalue weighted by Gasteiger charge is -2.36. The number of amides is 2. The summed E-state index contributed by atoms with van der Waals surface area (Å²) >= 11 is 0. The molecular formula is C34H54N4O5. The quantitative estimate of drug-likeness (QED) is 0.183. The first kappa shape index (κ1) is 37.4. The normalized spacial score (nSPS) is 19.4. The van der Waals surface area contributed by atoms with Crippen molar-refractivity contribution in [3.05, 3.63) is 65.0 Å². The molecule has 5 N–H and O–H groups in total. The number of aliphatic imine (C=N–C) groups is 1. The second-order valence-corrected chi connectivity index (χ2v) is 10.9. The molecule has 1 unspecified atom stereocenters. The van der Waals surface area contributed by atoms with Crippen molar-refractivity contribution in [1.29, 1.82) is 0 Å². The van der Waals surface area contributed by atoms with E-state index in [0.29, 0.717) is 30.8 Å². The van der Waals surface area contributed by atoms with Crippen LogP contribution in [0.2, 0.25) is 0 Å². The van der Waals surface area contributed by atoms with Crippen molar-refractivity contribution in [2.75, 3.05) is 13.2 Å². The van der Waals surface area contributed by atoms with Crippen LogP contribution < -0.4 is 16.2 Å². The first-order valence-corrected chi connectivity index (χ1v) is 15.4. The van der Waals surface area contributed by atoms with E-state index >= 15 is 0 Å². The highest BCUT2D eigenvalue weighted by molar-refractivity contribution is 5.99. The van der Waals surface area contributed by atoms with Crippen molar-refractivity contribution in [2.45, 2.75) is 112 Å². The first-order chi connectivity index (χ1) is 20.3. The Bertz CT molecular complexity index is 1190. The van der Waals surface area contributed by atoms with Gasteiger partial charge in [0.05, 0.1) is 31.2 Å². The van der Waals surface area contributed by atoms with Gasteiger partial charge in [0.15, 0.2) is 5.96 Å². The molecule has 2 aliphatic rings. The van der Waals surface area contributed by atoms with Gasteiger partial charge in [-0.1, -0.05) is 65.0 Å². The number of allylic oxidation sites excluding steroid dienone is 3. The maximum absolute atomic E-state index is 12.8. The fourth-order valence-electron chi connectivity index (χ4n) is 4.60. The lowest BCUT2D eigenvalue weighted by atomic mass is 9.88. The van der Waals surface area contributed by atoms with Gasteiger partial charge in [0.1, 0.15) is 17.1 Å². The molecule has 0 spiro atoms. The minimum Gasteiger partial charge on any atom is -0.494 e. The van der Waals surface area contributed by atoms with Crippen molar-refractivity contribution >= 4 is 17.8 Å². The van der Waals surface area contributed by atoms with E-state index in [-0.39, 0.29) is 18.4 Å². The summed E-state index contributed by atoms with van der Waals surface area (Å²) in [5.74, 6) is 1.18. The molecule has 2 heterocycles. The van der Waals surface area contributed by atoms with Gasteiger partial charge < -0.3 is 26.0 Å². The zero-order valence-corrected chi connectivity index (χ0v) is 27.7. The molecule has 0 fully saturated rings. The molecule has 0 bridgehead atoms. The number of rotatable bonds is 10. The van der Waals surface area contributed by atoms with Crippen LogP contribution in [0, 0.1) is 0 Å². The molecule has 0 radical (unpaired) electrons. The SMILES string of the molecule is CC.CC/C=C(CN1C(=O)CC(CC)(CC)N=C1N)/C(=C\C=C(/C)C(N)=O)OCC.CC1(C)Oc2ccccc2CC1O. The summed E-state index contributed by atoms with van der Waals surface area (Å²) in [5, 5.41) is 9.76. The molecular weight excluding hydrogens is 544 g/mol. The molecule has 0 aromatic heterocycles. The number of nitrogens with two attached hydrogens (primary N) is 2. The number of benzene rings is 1. The van der Waals surface area contributed by atoms with Crippen LogP contribution in [0.3, 0.4) is 0 Å². The number of hydrogen-bond donors (Lipinski definition) is 3. The van der Waals surface area contributed by atoms with E-state index in [2.05, 4.69) is 4.99 Å². The Morgan fingerprint density at radius 3 is 2.33 bits per heavy atom. The van der Waals surface area contributed by atoms with Gasteiger partial charge in [0.25, 0.3) is 0 Å². The van der Waals surface area contributed by atoms with Crippen LogP contribution in [0.4, 0.5) is 0 Å². The minimum absolute atomic E-state index is 0.0436. The van der Waals surface area contributed by atoms with E-state index < -0.39 is 23.2 Å². The van der Waals surface area contributed by atoms with Crippen LogP contribution in [-0.2, 0) is 20.7 Å². The van der Waals surface area contributed by atoms with Crippen LogP contribution in [0.5, 0.6) is 5.75 Å². The summed E-state index contributed by atoms with van der Waals surface area (Å²) in [6, 6.07) is 7.86. The lowest BCUT2D eigenvalue weighted by Crippen LogP contribution is -2.52. The van der Waals surface area contributed by atoms with E-state index in [0.717, 1.165) is 36.1 Å². The molecule has 2 amide bonds. The van der Waals surface area contributed by atoms with E-state index in [9.17, 15) is 14.7 Å². The monoisotopic (exact) mass is 598 g/mol. The van der Waals surface area contributed by atoms with Gasteiger partial charge in [-0.2, -0.15) is 0 Å². The van der Waals surface area contributed by atoms with Gasteiger partial charge in [0.2, 0.25) is 11.8 Å². The van der Waals surface area contributed by atoms with Gasteiger partial charge in [0, 0.05) is 17.6 Å². The predicted molar refractivity (Wildman–Crippen MR) is 175 cm³/mol. The fraction of sp³-hybridized carbons (Fsp3) is 0.559. The van der Waals surface area contributed by atoms with Gasteiger partial charge >= 0.3 is 0 Å². The van der Waals surface area contributed by atoms with Crippen molar-refractivity contribution in [3.63, 3.8) is 0 Å². The Labute approximate surface area is 258 Å². The molecule has 43 heavy (non-hydrogen) atoms. The van der Waals surface area contributed by atoms with Gasteiger partial charge in [-0.3, -0.25) is 14.5 Å². The van der Waals surface area contributed by atoms with Crippen LogP contribution in [-0.4, -0.2) is 58.2 Å². The van der Waals surface area contributed by atoms with E-state index in [1.54, 1.807) is 19.1 Å². The fourth-order valence-corrected chi connectivity index (χ4v) is 4.60. The Hall–Kier alpha value is -3.59. The van der Waals surface area contributed by atoms with Gasteiger partial charge in [-0.05, 0) is 64.7 Å². The topological polar surface area (TPSA) is 140 Å². The van der Waals surface area contributed by atoms with Gasteiger partial charge in [-0.15, -0.1) is 0 Å². The number of guanidine groups is 1. The molecule has 9 heteroatoms. The molecule has 1 aromatic carbocycles. The molecule has 0 saturated carbocycles. The van der Waals surface area contributed by atoms with E-state index in [1.807, 2.05) is 85.7 Å². The number of carbonyl (C=O) groups excluding carboxylic acids is 2. The number of aliphatic hydroxyl groups excluding tert-OH is 1. The second-order valence-electron chi connectivity index (χ2n) is 10.9. The maximum atomic E-state index is 12.8. The third-order valence-electron chi connectivity index (χ3n) is 7.56. The Kier molecular flexibility index (Phi) is 15.2. The Balaban J connectivity index is 0.000000507. The summed E-state index contributed by atoms with van der Waals surface area (Å²) in [7, 11) is 0. The third kappa shape index (κ3) is 10.6. The number of para-hydroxylation sites is 1. The van der Waals surface area contributed by atoms with Crippen LogP contribution in [0.15, 0.2) is 64.4 Å². The first-order valence-electron chi connectivity index (χ1n) is 15.4.